The van der Waals surface area contributed by atoms with Gasteiger partial charge in [-0.05, 0) is 49.7 Å². The van der Waals surface area contributed by atoms with Crippen LogP contribution >= 0.6 is 0 Å². The average Bonchev–Trinajstić information content (AvgIpc) is 2.44. The molecule has 0 aliphatic heterocycles. The van der Waals surface area contributed by atoms with Crippen LogP contribution in [0.4, 0.5) is 15.8 Å². The van der Waals surface area contributed by atoms with Gasteiger partial charge in [-0.15, -0.1) is 0 Å². The number of hydrogen-bond acceptors (Lipinski definition) is 3. The molecule has 0 radical (unpaired) electrons. The molecule has 1 heterocycles. The lowest BCUT2D eigenvalue weighted by molar-refractivity contribution is 0.102. The molecular formula is C15H16FN3O. The molecule has 0 fully saturated rings. The van der Waals surface area contributed by atoms with Crippen molar-refractivity contribution in [3.8, 4) is 0 Å². The number of aromatic nitrogens is 1. The summed E-state index contributed by atoms with van der Waals surface area (Å²) >= 11 is 0. The monoisotopic (exact) mass is 273 g/mol. The fraction of sp³-hybridized carbons (Fsp3) is 0.200. The van der Waals surface area contributed by atoms with Gasteiger partial charge in [0.05, 0.1) is 11.9 Å². The molecule has 0 bridgehead atoms. The molecular weight excluding hydrogens is 257 g/mol. The summed E-state index contributed by atoms with van der Waals surface area (Å²) in [5.74, 6) is -0.616. The Kier molecular flexibility index (Phi) is 4.30. The van der Waals surface area contributed by atoms with Crippen LogP contribution in [0.25, 0.3) is 0 Å². The van der Waals surface area contributed by atoms with Crippen LogP contribution in [0.1, 0.15) is 23.0 Å². The molecule has 0 aliphatic rings. The summed E-state index contributed by atoms with van der Waals surface area (Å²) in [6, 6.07) is 7.87. The summed E-state index contributed by atoms with van der Waals surface area (Å²) in [4.78, 5) is 16.1. The lowest BCUT2D eigenvalue weighted by atomic mass is 10.2. The van der Waals surface area contributed by atoms with Crippen molar-refractivity contribution in [1.29, 1.82) is 0 Å². The maximum atomic E-state index is 13.1. The van der Waals surface area contributed by atoms with Gasteiger partial charge in [0.25, 0.3) is 5.91 Å². The first-order chi connectivity index (χ1) is 9.60. The summed E-state index contributed by atoms with van der Waals surface area (Å²) in [5.41, 5.74) is 2.21. The highest BCUT2D eigenvalue weighted by atomic mass is 19.1. The Morgan fingerprint density at radius 1 is 1.25 bits per heavy atom. The van der Waals surface area contributed by atoms with Crippen LogP contribution in [0, 0.1) is 12.7 Å². The van der Waals surface area contributed by atoms with Gasteiger partial charge in [-0.3, -0.25) is 4.79 Å². The fourth-order valence-electron chi connectivity index (χ4n) is 1.75. The molecule has 0 unspecified atom stereocenters. The molecule has 0 saturated heterocycles. The third-order valence-corrected chi connectivity index (χ3v) is 2.79. The Hall–Kier alpha value is -2.43. The zero-order chi connectivity index (χ0) is 14.5. The molecule has 104 valence electrons. The lowest BCUT2D eigenvalue weighted by Gasteiger charge is -2.07. The van der Waals surface area contributed by atoms with Gasteiger partial charge >= 0.3 is 0 Å². The van der Waals surface area contributed by atoms with E-state index in [1.807, 2.05) is 6.92 Å². The minimum atomic E-state index is -0.320. The second-order valence-electron chi connectivity index (χ2n) is 4.38. The molecule has 5 heteroatoms. The number of rotatable bonds is 4. The third kappa shape index (κ3) is 3.32. The summed E-state index contributed by atoms with van der Waals surface area (Å²) in [5, 5.41) is 5.79. The van der Waals surface area contributed by atoms with Gasteiger partial charge in [0.15, 0.2) is 0 Å². The Balaban J connectivity index is 2.09. The quantitative estimate of drug-likeness (QED) is 0.899. The first-order valence-corrected chi connectivity index (χ1v) is 6.37. The number of anilines is 2. The van der Waals surface area contributed by atoms with Crippen LogP contribution in [0.3, 0.4) is 0 Å². The normalized spacial score (nSPS) is 10.2. The minimum Gasteiger partial charge on any atom is -0.384 e. The highest BCUT2D eigenvalue weighted by Gasteiger charge is 2.08. The van der Waals surface area contributed by atoms with E-state index in [1.165, 1.54) is 12.1 Å². The van der Waals surface area contributed by atoms with Crippen molar-refractivity contribution in [1.82, 2.24) is 4.98 Å². The number of hydrogen-bond donors (Lipinski definition) is 2. The van der Waals surface area contributed by atoms with Crippen molar-refractivity contribution in [2.24, 2.45) is 0 Å². The highest BCUT2D eigenvalue weighted by Crippen LogP contribution is 2.15. The average molecular weight is 273 g/mol. The second-order valence-corrected chi connectivity index (χ2v) is 4.38. The summed E-state index contributed by atoms with van der Waals surface area (Å²) in [7, 11) is 0. The standard InChI is InChI=1S/C15H16FN3O/c1-3-17-12-5-7-14(18-9-12)15(20)19-11-4-6-13(16)10(2)8-11/h4-9,17H,3H2,1-2H3,(H,19,20). The Bertz CT molecular complexity index is 611. The van der Waals surface area contributed by atoms with Crippen LogP contribution in [0.15, 0.2) is 36.5 Å². The summed E-state index contributed by atoms with van der Waals surface area (Å²) < 4.78 is 13.1. The number of halogens is 1. The SMILES string of the molecule is CCNc1ccc(C(=O)Nc2ccc(F)c(C)c2)nc1. The van der Waals surface area contributed by atoms with Crippen LogP contribution in [0.5, 0.6) is 0 Å². The van der Waals surface area contributed by atoms with Crippen molar-refractivity contribution in [3.05, 3.63) is 53.6 Å². The van der Waals surface area contributed by atoms with Crippen LogP contribution in [-0.2, 0) is 0 Å². The molecule has 2 aromatic rings. The first-order valence-electron chi connectivity index (χ1n) is 6.37. The first kappa shape index (κ1) is 14.0. The third-order valence-electron chi connectivity index (χ3n) is 2.79. The Morgan fingerprint density at radius 2 is 2.00 bits per heavy atom. The van der Waals surface area contributed by atoms with Gasteiger partial charge in [0.1, 0.15) is 11.5 Å². The van der Waals surface area contributed by atoms with E-state index in [-0.39, 0.29) is 11.7 Å². The molecule has 0 aliphatic carbocycles. The molecule has 2 N–H and O–H groups in total. The molecule has 1 amide bonds. The van der Waals surface area contributed by atoms with E-state index in [9.17, 15) is 9.18 Å². The predicted molar refractivity (Wildman–Crippen MR) is 77.5 cm³/mol. The van der Waals surface area contributed by atoms with Crippen molar-refractivity contribution in [2.45, 2.75) is 13.8 Å². The van der Waals surface area contributed by atoms with E-state index >= 15 is 0 Å². The number of aryl methyl sites for hydroxylation is 1. The smallest absolute Gasteiger partial charge is 0.274 e. The molecule has 0 spiro atoms. The van der Waals surface area contributed by atoms with E-state index in [2.05, 4.69) is 15.6 Å². The Morgan fingerprint density at radius 3 is 2.60 bits per heavy atom. The van der Waals surface area contributed by atoms with Gasteiger partial charge in [-0.1, -0.05) is 0 Å². The van der Waals surface area contributed by atoms with Crippen molar-refractivity contribution in [3.63, 3.8) is 0 Å². The van der Waals surface area contributed by atoms with E-state index in [0.29, 0.717) is 16.9 Å². The van der Waals surface area contributed by atoms with E-state index in [4.69, 9.17) is 0 Å². The zero-order valence-electron chi connectivity index (χ0n) is 11.4. The molecule has 2 rings (SSSR count). The molecule has 0 atom stereocenters. The van der Waals surface area contributed by atoms with Crippen LogP contribution in [-0.4, -0.2) is 17.4 Å². The molecule has 1 aromatic heterocycles. The van der Waals surface area contributed by atoms with Crippen molar-refractivity contribution in [2.75, 3.05) is 17.2 Å². The Labute approximate surface area is 117 Å². The number of nitrogens with zero attached hydrogens (tertiary/aromatic N) is 1. The van der Waals surface area contributed by atoms with Gasteiger partial charge in [0, 0.05) is 12.2 Å². The number of carbonyl (C=O) groups is 1. The number of amides is 1. The molecule has 1 aromatic carbocycles. The highest BCUT2D eigenvalue weighted by molar-refractivity contribution is 6.02. The minimum absolute atomic E-state index is 0.295. The molecule has 4 nitrogen and oxygen atoms in total. The number of carbonyl (C=O) groups excluding carboxylic acids is 1. The topological polar surface area (TPSA) is 54.0 Å². The van der Waals surface area contributed by atoms with Crippen molar-refractivity contribution < 1.29 is 9.18 Å². The summed E-state index contributed by atoms with van der Waals surface area (Å²) in [6.45, 7) is 4.42. The molecule has 0 saturated carbocycles. The van der Waals surface area contributed by atoms with Gasteiger partial charge < -0.3 is 10.6 Å². The van der Waals surface area contributed by atoms with Gasteiger partial charge in [-0.25, -0.2) is 9.37 Å². The van der Waals surface area contributed by atoms with Crippen LogP contribution in [0.2, 0.25) is 0 Å². The van der Waals surface area contributed by atoms with Crippen LogP contribution < -0.4 is 10.6 Å². The predicted octanol–water partition coefficient (Wildman–Crippen LogP) is 3.21. The van der Waals surface area contributed by atoms with E-state index < -0.39 is 0 Å². The number of nitrogens with one attached hydrogen (secondary N) is 2. The maximum Gasteiger partial charge on any atom is 0.274 e. The molecule has 20 heavy (non-hydrogen) atoms. The van der Waals surface area contributed by atoms with Gasteiger partial charge in [-0.2, -0.15) is 0 Å². The van der Waals surface area contributed by atoms with Gasteiger partial charge in [0.2, 0.25) is 0 Å². The second kappa shape index (κ2) is 6.14. The number of pyridine rings is 1. The van der Waals surface area contributed by atoms with E-state index in [1.54, 1.807) is 31.3 Å². The maximum absolute atomic E-state index is 13.1. The fourth-order valence-corrected chi connectivity index (χ4v) is 1.75. The largest absolute Gasteiger partial charge is 0.384 e. The number of benzene rings is 1. The van der Waals surface area contributed by atoms with Crippen molar-refractivity contribution >= 4 is 17.3 Å². The lowest BCUT2D eigenvalue weighted by Crippen LogP contribution is -2.14. The van der Waals surface area contributed by atoms with E-state index in [0.717, 1.165) is 12.2 Å². The zero-order valence-corrected chi connectivity index (χ0v) is 11.4. The summed E-state index contributed by atoms with van der Waals surface area (Å²) in [6.07, 6.45) is 1.61.